The molecule has 0 radical (unpaired) electrons. The van der Waals surface area contributed by atoms with Crippen LogP contribution >= 0.6 is 12.2 Å². The average Bonchev–Trinajstić information content (AvgIpc) is 2.80. The molecule has 11 nitrogen and oxygen atoms in total. The van der Waals surface area contributed by atoms with Gasteiger partial charge in [-0.25, -0.2) is 14.2 Å². The zero-order valence-electron chi connectivity index (χ0n) is 19.7. The first-order valence-electron chi connectivity index (χ1n) is 10.8. The SMILES string of the molecule is COc1ccc(-c2ccc(CO[C@H]3C[C@@H](N=C=S)C3)nc2)cc1F.O=C(O)CC(O)(CC(=O)O)C(=O)O. The number of carboxylic acid groups (broad SMARTS) is 3. The maximum absolute atomic E-state index is 13.8. The van der Waals surface area contributed by atoms with Crippen molar-refractivity contribution in [2.24, 2.45) is 4.99 Å². The van der Waals surface area contributed by atoms with Gasteiger partial charge in [0.15, 0.2) is 17.2 Å². The van der Waals surface area contributed by atoms with Gasteiger partial charge in [0.2, 0.25) is 0 Å². The molecule has 198 valence electrons. The van der Waals surface area contributed by atoms with Gasteiger partial charge in [-0.05, 0) is 48.8 Å². The summed E-state index contributed by atoms with van der Waals surface area (Å²) >= 11 is 4.58. The Morgan fingerprint density at radius 2 is 1.76 bits per heavy atom. The van der Waals surface area contributed by atoms with Gasteiger partial charge in [0.25, 0.3) is 0 Å². The van der Waals surface area contributed by atoms with Gasteiger partial charge < -0.3 is 29.9 Å². The maximum Gasteiger partial charge on any atom is 0.336 e. The van der Waals surface area contributed by atoms with E-state index in [0.29, 0.717) is 6.61 Å². The van der Waals surface area contributed by atoms with Crippen LogP contribution in [0.15, 0.2) is 41.5 Å². The molecule has 0 atom stereocenters. The molecule has 37 heavy (non-hydrogen) atoms. The lowest BCUT2D eigenvalue weighted by molar-refractivity contribution is -0.170. The molecule has 0 bridgehead atoms. The Morgan fingerprint density at radius 3 is 2.22 bits per heavy atom. The number of benzene rings is 1. The first kappa shape index (κ1) is 29.5. The van der Waals surface area contributed by atoms with E-state index in [0.717, 1.165) is 29.7 Å². The number of ether oxygens (including phenoxy) is 2. The number of halogens is 1. The summed E-state index contributed by atoms with van der Waals surface area (Å²) in [5.74, 6) is -5.18. The second kappa shape index (κ2) is 13.5. The van der Waals surface area contributed by atoms with Crippen molar-refractivity contribution in [1.29, 1.82) is 0 Å². The van der Waals surface area contributed by atoms with E-state index in [1.807, 2.05) is 12.1 Å². The molecule has 4 N–H and O–H groups in total. The lowest BCUT2D eigenvalue weighted by atomic mass is 9.90. The van der Waals surface area contributed by atoms with Crippen molar-refractivity contribution in [3.05, 3.63) is 48.0 Å². The number of methoxy groups -OCH3 is 1. The Kier molecular flexibility index (Phi) is 10.8. The lowest BCUT2D eigenvalue weighted by Crippen LogP contribution is -2.42. The van der Waals surface area contributed by atoms with Crippen LogP contribution in [-0.4, -0.2) is 73.3 Å². The number of carboxylic acids is 3. The van der Waals surface area contributed by atoms with Gasteiger partial charge in [-0.3, -0.25) is 14.6 Å². The topological polar surface area (TPSA) is 176 Å². The molecule has 1 saturated carbocycles. The minimum absolute atomic E-state index is 0.208. The summed E-state index contributed by atoms with van der Waals surface area (Å²) in [5, 5.41) is 36.2. The van der Waals surface area contributed by atoms with Crippen LogP contribution in [0.1, 0.15) is 31.4 Å². The van der Waals surface area contributed by atoms with Crippen molar-refractivity contribution in [3.63, 3.8) is 0 Å². The Bertz CT molecular complexity index is 1150. The van der Waals surface area contributed by atoms with Crippen molar-refractivity contribution in [3.8, 4) is 16.9 Å². The Balaban J connectivity index is 0.000000317. The number of isothiocyanates is 1. The van der Waals surface area contributed by atoms with E-state index in [2.05, 4.69) is 27.4 Å². The van der Waals surface area contributed by atoms with Crippen LogP contribution in [0.25, 0.3) is 11.1 Å². The minimum atomic E-state index is -2.74. The van der Waals surface area contributed by atoms with Crippen molar-refractivity contribution >= 4 is 35.3 Å². The van der Waals surface area contributed by atoms with Crippen LogP contribution in [0.3, 0.4) is 0 Å². The van der Waals surface area contributed by atoms with Crippen LogP contribution in [-0.2, 0) is 25.7 Å². The number of thiocarbonyl (C=S) groups is 1. The monoisotopic (exact) mass is 536 g/mol. The molecule has 13 heteroatoms. The second-order valence-electron chi connectivity index (χ2n) is 8.14. The van der Waals surface area contributed by atoms with Crippen molar-refractivity contribution in [2.75, 3.05) is 7.11 Å². The first-order chi connectivity index (χ1) is 17.5. The molecule has 0 aliphatic heterocycles. The molecular weight excluding hydrogens is 511 g/mol. The van der Waals surface area contributed by atoms with Gasteiger partial charge in [0.1, 0.15) is 0 Å². The van der Waals surface area contributed by atoms with Crippen molar-refractivity contribution in [1.82, 2.24) is 4.98 Å². The molecular formula is C24H25FN2O9S. The molecule has 0 unspecified atom stereocenters. The van der Waals surface area contributed by atoms with Crippen LogP contribution in [0.5, 0.6) is 5.75 Å². The van der Waals surface area contributed by atoms with Gasteiger partial charge in [-0.1, -0.05) is 12.1 Å². The van der Waals surface area contributed by atoms with Crippen molar-refractivity contribution < 1.29 is 48.7 Å². The number of nitrogens with zero attached hydrogens (tertiary/aromatic N) is 2. The second-order valence-corrected chi connectivity index (χ2v) is 8.33. The predicted molar refractivity (Wildman–Crippen MR) is 130 cm³/mol. The molecule has 0 spiro atoms. The van der Waals surface area contributed by atoms with Crippen LogP contribution < -0.4 is 4.74 Å². The van der Waals surface area contributed by atoms with Crippen molar-refractivity contribution in [2.45, 2.75) is 50.0 Å². The summed E-state index contributed by atoms with van der Waals surface area (Å²) in [6.07, 6.45) is 1.41. The van der Waals surface area contributed by atoms with Gasteiger partial charge in [0, 0.05) is 11.8 Å². The number of carbonyl (C=O) groups is 3. The third kappa shape index (κ3) is 8.99. The van der Waals surface area contributed by atoms with E-state index in [-0.39, 0.29) is 23.7 Å². The molecule has 0 saturated heterocycles. The molecule has 2 aromatic rings. The largest absolute Gasteiger partial charge is 0.494 e. The number of hydrogen-bond donors (Lipinski definition) is 4. The third-order valence-corrected chi connectivity index (χ3v) is 5.47. The highest BCUT2D eigenvalue weighted by Crippen LogP contribution is 2.28. The molecule has 1 aliphatic carbocycles. The van der Waals surface area contributed by atoms with E-state index in [1.165, 1.54) is 13.2 Å². The van der Waals surface area contributed by atoms with Gasteiger partial charge in [0.05, 0.1) is 49.6 Å². The Morgan fingerprint density at radius 1 is 1.14 bits per heavy atom. The highest BCUT2D eigenvalue weighted by molar-refractivity contribution is 7.78. The standard InChI is InChI=1S/C18H17FN2O2S.C6H8O7/c1-22-18-5-3-12(6-17(18)19)13-2-4-14(20-9-13)10-23-16-7-15(8-16)21-11-24;7-3(8)1-6(13,5(11)12)2-4(9)10/h2-6,9,15-16H,7-8,10H2,1H3;13H,1-2H2,(H,7,8)(H,9,10)(H,11,12)/t15-,16+;. The highest BCUT2D eigenvalue weighted by atomic mass is 32.1. The number of aliphatic carboxylic acids is 3. The van der Waals surface area contributed by atoms with Gasteiger partial charge in [-0.2, -0.15) is 0 Å². The van der Waals surface area contributed by atoms with Gasteiger partial charge >= 0.3 is 17.9 Å². The van der Waals surface area contributed by atoms with Crippen LogP contribution in [0.4, 0.5) is 4.39 Å². The van der Waals surface area contributed by atoms with Gasteiger partial charge in [-0.15, -0.1) is 0 Å². The maximum atomic E-state index is 13.8. The lowest BCUT2D eigenvalue weighted by Gasteiger charge is -2.31. The zero-order valence-corrected chi connectivity index (χ0v) is 20.5. The Hall–Kier alpha value is -3.77. The Labute approximate surface area is 216 Å². The summed E-state index contributed by atoms with van der Waals surface area (Å²) in [5.41, 5.74) is -0.292. The van der Waals surface area contributed by atoms with Crippen LogP contribution in [0, 0.1) is 5.82 Å². The molecule has 1 aromatic heterocycles. The molecule has 0 amide bonds. The number of rotatable bonds is 11. The van der Waals surface area contributed by atoms with E-state index in [1.54, 1.807) is 18.3 Å². The molecule has 1 aliphatic rings. The fraction of sp³-hybridized carbons (Fsp3) is 0.375. The molecule has 1 fully saturated rings. The summed E-state index contributed by atoms with van der Waals surface area (Å²) in [6.45, 7) is 0.454. The fourth-order valence-electron chi connectivity index (χ4n) is 3.30. The summed E-state index contributed by atoms with van der Waals surface area (Å²) in [7, 11) is 1.44. The normalized spacial score (nSPS) is 16.3. The quantitative estimate of drug-likeness (QED) is 0.245. The van der Waals surface area contributed by atoms with Crippen LogP contribution in [0.2, 0.25) is 0 Å². The predicted octanol–water partition coefficient (Wildman–Crippen LogP) is 2.80. The minimum Gasteiger partial charge on any atom is -0.494 e. The third-order valence-electron chi connectivity index (χ3n) is 5.37. The smallest absolute Gasteiger partial charge is 0.336 e. The summed E-state index contributed by atoms with van der Waals surface area (Å²) in [4.78, 5) is 38.9. The number of pyridine rings is 1. The van der Waals surface area contributed by atoms with E-state index >= 15 is 0 Å². The van der Waals surface area contributed by atoms with E-state index in [4.69, 9.17) is 29.9 Å². The van der Waals surface area contributed by atoms with E-state index in [9.17, 15) is 18.8 Å². The molecule has 3 rings (SSSR count). The van der Waals surface area contributed by atoms with E-state index < -0.39 is 36.4 Å². The number of aliphatic hydroxyl groups is 1. The molecule has 1 heterocycles. The zero-order chi connectivity index (χ0) is 27.6. The summed E-state index contributed by atoms with van der Waals surface area (Å²) < 4.78 is 24.5. The number of aromatic nitrogens is 1. The number of aliphatic imine (C=N–C) groups is 1. The highest BCUT2D eigenvalue weighted by Gasteiger charge is 2.40. The summed E-state index contributed by atoms with van der Waals surface area (Å²) in [6, 6.07) is 8.91. The number of hydrogen-bond acceptors (Lipinski definition) is 9. The molecule has 1 aromatic carbocycles. The fourth-order valence-corrected chi connectivity index (χ4v) is 3.45. The average molecular weight is 537 g/mol. The first-order valence-corrected chi connectivity index (χ1v) is 11.2.